The summed E-state index contributed by atoms with van der Waals surface area (Å²) in [4.78, 5) is 31.2. The molecule has 0 aliphatic carbocycles. The Hall–Kier alpha value is -3.86. The van der Waals surface area contributed by atoms with Crippen molar-refractivity contribution in [2.45, 2.75) is 13.5 Å². The number of hydrogen-bond acceptors (Lipinski definition) is 9. The fraction of sp³-hybridized carbons (Fsp3) is 0.304. The van der Waals surface area contributed by atoms with Crippen molar-refractivity contribution in [3.8, 4) is 6.07 Å². The van der Waals surface area contributed by atoms with Gasteiger partial charge in [0.25, 0.3) is 5.56 Å². The fourth-order valence-corrected chi connectivity index (χ4v) is 3.96. The quantitative estimate of drug-likeness (QED) is 0.276. The molecule has 0 aromatic carbocycles. The first-order chi connectivity index (χ1) is 16.1. The number of pyridine rings is 1. The van der Waals surface area contributed by atoms with Crippen LogP contribution in [0, 0.1) is 11.3 Å². The first kappa shape index (κ1) is 23.8. The number of rotatable bonds is 7. The molecule has 0 radical (unpaired) electrons. The van der Waals surface area contributed by atoms with Crippen LogP contribution >= 0.6 is 11.3 Å². The van der Waals surface area contributed by atoms with Crippen molar-refractivity contribution < 1.29 is 14.3 Å². The Labute approximate surface area is 194 Å². The van der Waals surface area contributed by atoms with Crippen molar-refractivity contribution in [3.63, 3.8) is 0 Å². The van der Waals surface area contributed by atoms with Gasteiger partial charge in [0.1, 0.15) is 27.7 Å². The lowest BCUT2D eigenvalue weighted by atomic mass is 10.3. The zero-order chi connectivity index (χ0) is 23.6. The van der Waals surface area contributed by atoms with Gasteiger partial charge in [-0.15, -0.1) is 0 Å². The van der Waals surface area contributed by atoms with Crippen LogP contribution < -0.4 is 25.0 Å². The molecule has 10 heteroatoms. The SMILES string of the molecule is C=CCOC(=O)C(=C=c1sc(=C=CNc2ccnc(N3CCOCC3)c2)c(=O)n1CC)C#N. The van der Waals surface area contributed by atoms with Gasteiger partial charge < -0.3 is 19.7 Å². The van der Waals surface area contributed by atoms with Gasteiger partial charge in [0, 0.05) is 43.8 Å². The Balaban J connectivity index is 1.93. The summed E-state index contributed by atoms with van der Waals surface area (Å²) in [6.07, 6.45) is 4.66. The number of carbonyl (C=O) groups excluding carboxylic acids is 1. The number of carbonyl (C=O) groups is 1. The molecule has 1 saturated heterocycles. The van der Waals surface area contributed by atoms with E-state index in [1.54, 1.807) is 25.4 Å². The monoisotopic (exact) mass is 465 g/mol. The molecule has 1 fully saturated rings. The van der Waals surface area contributed by atoms with Crippen molar-refractivity contribution in [1.29, 1.82) is 5.26 Å². The Morgan fingerprint density at radius 3 is 2.94 bits per heavy atom. The van der Waals surface area contributed by atoms with E-state index in [1.165, 1.54) is 10.6 Å². The van der Waals surface area contributed by atoms with Crippen LogP contribution in [-0.2, 0) is 20.8 Å². The molecule has 1 N–H and O–H groups in total. The van der Waals surface area contributed by atoms with Gasteiger partial charge in [-0.1, -0.05) is 35.5 Å². The maximum Gasteiger partial charge on any atom is 0.357 e. The van der Waals surface area contributed by atoms with Crippen LogP contribution in [0.4, 0.5) is 11.5 Å². The minimum Gasteiger partial charge on any atom is -0.457 e. The van der Waals surface area contributed by atoms with E-state index in [4.69, 9.17) is 9.47 Å². The molecule has 170 valence electrons. The highest BCUT2D eigenvalue weighted by molar-refractivity contribution is 7.07. The number of nitriles is 1. The van der Waals surface area contributed by atoms with Gasteiger partial charge in [0.15, 0.2) is 5.57 Å². The summed E-state index contributed by atoms with van der Waals surface area (Å²) in [6, 6.07) is 5.50. The lowest BCUT2D eigenvalue weighted by Gasteiger charge is -2.27. The lowest BCUT2D eigenvalue weighted by molar-refractivity contribution is -0.137. The smallest absolute Gasteiger partial charge is 0.357 e. The molecule has 33 heavy (non-hydrogen) atoms. The highest BCUT2D eigenvalue weighted by Crippen LogP contribution is 2.17. The van der Waals surface area contributed by atoms with Crippen LogP contribution in [0.25, 0.3) is 11.5 Å². The summed E-state index contributed by atoms with van der Waals surface area (Å²) in [6.45, 7) is 8.48. The normalized spacial score (nSPS) is 12.7. The third kappa shape index (κ3) is 6.10. The molecule has 2 aromatic rings. The number of hydrogen-bond donors (Lipinski definition) is 1. The number of nitrogens with one attached hydrogen (secondary N) is 1. The van der Waals surface area contributed by atoms with Gasteiger partial charge in [-0.05, 0) is 13.0 Å². The van der Waals surface area contributed by atoms with Gasteiger partial charge in [-0.3, -0.25) is 9.36 Å². The van der Waals surface area contributed by atoms with Gasteiger partial charge >= 0.3 is 5.97 Å². The van der Waals surface area contributed by atoms with E-state index in [-0.39, 0.29) is 17.7 Å². The largest absolute Gasteiger partial charge is 0.457 e. The predicted molar refractivity (Wildman–Crippen MR) is 126 cm³/mol. The average Bonchev–Trinajstić information content (AvgIpc) is 3.15. The Morgan fingerprint density at radius 1 is 1.45 bits per heavy atom. The van der Waals surface area contributed by atoms with Crippen molar-refractivity contribution in [3.05, 3.63) is 62.3 Å². The molecule has 0 saturated carbocycles. The zero-order valence-corrected chi connectivity index (χ0v) is 19.0. The van der Waals surface area contributed by atoms with Crippen molar-refractivity contribution in [2.24, 2.45) is 0 Å². The number of ether oxygens (including phenoxy) is 2. The molecule has 0 atom stereocenters. The van der Waals surface area contributed by atoms with Crippen LogP contribution in [-0.4, -0.2) is 48.4 Å². The Kier molecular flexibility index (Phi) is 8.42. The number of morpholine rings is 1. The Morgan fingerprint density at radius 2 is 2.24 bits per heavy atom. The van der Waals surface area contributed by atoms with Crippen LogP contribution in [0.1, 0.15) is 6.92 Å². The second kappa shape index (κ2) is 11.7. The fourth-order valence-electron chi connectivity index (χ4n) is 2.98. The van der Waals surface area contributed by atoms with Gasteiger partial charge in [-0.25, -0.2) is 9.78 Å². The number of nitrogens with zero attached hydrogens (tertiary/aromatic N) is 4. The summed E-state index contributed by atoms with van der Waals surface area (Å²) in [5.41, 5.74) is 5.84. The molecule has 0 bridgehead atoms. The summed E-state index contributed by atoms with van der Waals surface area (Å²) < 4.78 is 12.3. The molecule has 0 unspecified atom stereocenters. The molecular formula is C23H23N5O4S. The molecular weight excluding hydrogens is 442 g/mol. The minimum atomic E-state index is -0.822. The highest BCUT2D eigenvalue weighted by Gasteiger charge is 2.12. The number of anilines is 2. The molecule has 3 heterocycles. The zero-order valence-electron chi connectivity index (χ0n) is 18.2. The van der Waals surface area contributed by atoms with Crippen molar-refractivity contribution in [1.82, 2.24) is 9.55 Å². The predicted octanol–water partition coefficient (Wildman–Crippen LogP) is 0.725. The molecule has 1 aliphatic heterocycles. The topological polar surface area (TPSA) is 109 Å². The summed E-state index contributed by atoms with van der Waals surface area (Å²) in [7, 11) is 0. The number of esters is 1. The van der Waals surface area contributed by atoms with E-state index >= 15 is 0 Å². The van der Waals surface area contributed by atoms with Crippen LogP contribution in [0.3, 0.4) is 0 Å². The van der Waals surface area contributed by atoms with Gasteiger partial charge in [0.2, 0.25) is 0 Å². The van der Waals surface area contributed by atoms with Crippen LogP contribution in [0.2, 0.25) is 0 Å². The molecule has 0 spiro atoms. The molecule has 2 aromatic heterocycles. The van der Waals surface area contributed by atoms with E-state index in [2.05, 4.69) is 33.2 Å². The molecule has 1 aliphatic rings. The van der Waals surface area contributed by atoms with Gasteiger partial charge in [0.05, 0.1) is 13.2 Å². The minimum absolute atomic E-state index is 0.0214. The maximum absolute atomic E-state index is 12.7. The maximum atomic E-state index is 12.7. The molecule has 9 nitrogen and oxygen atoms in total. The van der Waals surface area contributed by atoms with E-state index in [0.717, 1.165) is 35.9 Å². The van der Waals surface area contributed by atoms with Crippen molar-refractivity contribution in [2.75, 3.05) is 43.1 Å². The summed E-state index contributed by atoms with van der Waals surface area (Å²) in [5, 5.41) is 12.4. The van der Waals surface area contributed by atoms with Gasteiger partial charge in [-0.2, -0.15) is 5.26 Å². The summed E-state index contributed by atoms with van der Waals surface area (Å²) >= 11 is 1.08. The summed E-state index contributed by atoms with van der Waals surface area (Å²) in [5.74, 6) is 0.0213. The van der Waals surface area contributed by atoms with E-state index in [9.17, 15) is 14.9 Å². The molecule has 0 amide bonds. The van der Waals surface area contributed by atoms with E-state index in [1.807, 2.05) is 12.1 Å². The van der Waals surface area contributed by atoms with E-state index < -0.39 is 5.97 Å². The lowest BCUT2D eigenvalue weighted by Crippen LogP contribution is -2.36. The second-order valence-corrected chi connectivity index (χ2v) is 7.72. The highest BCUT2D eigenvalue weighted by atomic mass is 32.1. The average molecular weight is 466 g/mol. The second-order valence-electron chi connectivity index (χ2n) is 6.72. The van der Waals surface area contributed by atoms with Crippen molar-refractivity contribution >= 4 is 40.3 Å². The van der Waals surface area contributed by atoms with Crippen LogP contribution in [0.15, 0.2) is 47.6 Å². The van der Waals surface area contributed by atoms with Crippen LogP contribution in [0.5, 0.6) is 0 Å². The Bertz CT molecular complexity index is 1320. The van der Waals surface area contributed by atoms with E-state index in [0.29, 0.717) is 29.0 Å². The molecule has 3 rings (SSSR count). The standard InChI is InChI=1S/C23H23N5O4S/c1-3-11-32-23(30)17(16-24)14-21-28(4-2)22(29)19(33-21)6-8-25-18-5-7-26-20(15-18)27-9-12-31-13-10-27/h3,5,7-8,15H,1,4,9-13H2,2H3,(H,25,26). The first-order valence-corrected chi connectivity index (χ1v) is 11.1. The third-order valence-corrected chi connectivity index (χ3v) is 5.61. The number of thiazole rings is 1. The third-order valence-electron chi connectivity index (χ3n) is 4.60. The number of aromatic nitrogens is 2. The first-order valence-electron chi connectivity index (χ1n) is 10.3.